The van der Waals surface area contributed by atoms with Crippen LogP contribution in [0.15, 0.2) is 18.2 Å². The van der Waals surface area contributed by atoms with E-state index >= 15 is 0 Å². The minimum atomic E-state index is -0.971. The number of carboxylic acid groups (broad SMARTS) is 1. The number of aromatic nitrogens is 1. The fraction of sp³-hybridized carbons (Fsp3) is 0.375. The SMILES string of the molecule is Cc1[nH]c2ccc(CNC(=O)OC(C)(C)C)cc2c1C(=O)O. The molecule has 0 saturated carbocycles. The molecule has 0 unspecified atom stereocenters. The van der Waals surface area contributed by atoms with Gasteiger partial charge in [0.25, 0.3) is 0 Å². The van der Waals surface area contributed by atoms with Crippen LogP contribution in [-0.4, -0.2) is 27.8 Å². The number of alkyl carbamates (subject to hydrolysis) is 1. The number of ether oxygens (including phenoxy) is 1. The van der Waals surface area contributed by atoms with Gasteiger partial charge in [0.15, 0.2) is 0 Å². The summed E-state index contributed by atoms with van der Waals surface area (Å²) in [6.45, 7) is 7.37. The van der Waals surface area contributed by atoms with Gasteiger partial charge in [-0.25, -0.2) is 9.59 Å². The maximum absolute atomic E-state index is 11.6. The highest BCUT2D eigenvalue weighted by molar-refractivity contribution is 6.04. The second-order valence-electron chi connectivity index (χ2n) is 6.17. The standard InChI is InChI=1S/C16H20N2O4/c1-9-13(14(19)20)11-7-10(5-6-12(11)18-9)8-17-15(21)22-16(2,3)4/h5-7,18H,8H2,1-4H3,(H,17,21)(H,19,20). The second kappa shape index (κ2) is 5.71. The molecule has 6 heteroatoms. The predicted octanol–water partition coefficient (Wildman–Crippen LogP) is 3.20. The van der Waals surface area contributed by atoms with Gasteiger partial charge >= 0.3 is 12.1 Å². The van der Waals surface area contributed by atoms with E-state index in [-0.39, 0.29) is 12.1 Å². The summed E-state index contributed by atoms with van der Waals surface area (Å²) >= 11 is 0. The zero-order valence-corrected chi connectivity index (χ0v) is 13.1. The molecule has 0 aliphatic carbocycles. The number of aromatic amines is 1. The Morgan fingerprint density at radius 3 is 2.59 bits per heavy atom. The Morgan fingerprint density at radius 2 is 2.00 bits per heavy atom. The second-order valence-corrected chi connectivity index (χ2v) is 6.17. The van der Waals surface area contributed by atoms with E-state index in [0.29, 0.717) is 11.1 Å². The van der Waals surface area contributed by atoms with Crippen LogP contribution in [0.1, 0.15) is 42.4 Å². The molecule has 1 aromatic heterocycles. The summed E-state index contributed by atoms with van der Waals surface area (Å²) in [6, 6.07) is 5.40. The predicted molar refractivity (Wildman–Crippen MR) is 83.1 cm³/mol. The molecule has 1 amide bonds. The number of hydrogen-bond donors (Lipinski definition) is 3. The molecule has 0 atom stereocenters. The van der Waals surface area contributed by atoms with Crippen molar-refractivity contribution in [3.05, 3.63) is 35.0 Å². The number of benzene rings is 1. The highest BCUT2D eigenvalue weighted by Gasteiger charge is 2.17. The highest BCUT2D eigenvalue weighted by Crippen LogP contribution is 2.23. The van der Waals surface area contributed by atoms with Gasteiger partial charge in [-0.1, -0.05) is 6.07 Å². The first kappa shape index (κ1) is 15.9. The summed E-state index contributed by atoms with van der Waals surface area (Å²) in [5.41, 5.74) is 1.88. The van der Waals surface area contributed by atoms with E-state index in [2.05, 4.69) is 10.3 Å². The zero-order chi connectivity index (χ0) is 16.5. The van der Waals surface area contributed by atoms with Gasteiger partial charge in [0, 0.05) is 23.1 Å². The van der Waals surface area contributed by atoms with Crippen molar-refractivity contribution in [3.8, 4) is 0 Å². The van der Waals surface area contributed by atoms with Gasteiger partial charge in [-0.3, -0.25) is 0 Å². The summed E-state index contributed by atoms with van der Waals surface area (Å²) in [6.07, 6.45) is -0.503. The Morgan fingerprint density at radius 1 is 1.32 bits per heavy atom. The first-order chi connectivity index (χ1) is 10.2. The fourth-order valence-corrected chi connectivity index (χ4v) is 2.25. The molecule has 118 valence electrons. The maximum Gasteiger partial charge on any atom is 0.407 e. The van der Waals surface area contributed by atoms with Crippen molar-refractivity contribution < 1.29 is 19.4 Å². The lowest BCUT2D eigenvalue weighted by Gasteiger charge is -2.19. The average molecular weight is 304 g/mol. The fourth-order valence-electron chi connectivity index (χ4n) is 2.25. The number of hydrogen-bond acceptors (Lipinski definition) is 3. The van der Waals surface area contributed by atoms with Crippen LogP contribution >= 0.6 is 0 Å². The van der Waals surface area contributed by atoms with Crippen LogP contribution in [0.5, 0.6) is 0 Å². The van der Waals surface area contributed by atoms with Crippen molar-refractivity contribution in [1.29, 1.82) is 0 Å². The van der Waals surface area contributed by atoms with E-state index in [1.807, 2.05) is 6.07 Å². The monoisotopic (exact) mass is 304 g/mol. The Labute approximate surface area is 128 Å². The van der Waals surface area contributed by atoms with Crippen LogP contribution in [-0.2, 0) is 11.3 Å². The molecule has 0 aliphatic rings. The first-order valence-corrected chi connectivity index (χ1v) is 6.99. The van der Waals surface area contributed by atoms with Crippen molar-refractivity contribution in [2.75, 3.05) is 0 Å². The smallest absolute Gasteiger partial charge is 0.407 e. The van der Waals surface area contributed by atoms with Crippen LogP contribution in [0.3, 0.4) is 0 Å². The van der Waals surface area contributed by atoms with E-state index in [0.717, 1.165) is 11.1 Å². The normalized spacial score (nSPS) is 11.5. The number of nitrogens with one attached hydrogen (secondary N) is 2. The van der Waals surface area contributed by atoms with Crippen molar-refractivity contribution in [2.45, 2.75) is 39.8 Å². The number of carbonyl (C=O) groups excluding carboxylic acids is 1. The molecule has 3 N–H and O–H groups in total. The Balaban J connectivity index is 2.18. The lowest BCUT2D eigenvalue weighted by molar-refractivity contribution is 0.0523. The highest BCUT2D eigenvalue weighted by atomic mass is 16.6. The third kappa shape index (κ3) is 3.58. The molecule has 2 rings (SSSR count). The molecule has 0 aliphatic heterocycles. The van der Waals surface area contributed by atoms with Gasteiger partial charge in [-0.15, -0.1) is 0 Å². The molecule has 0 saturated heterocycles. The molecule has 2 aromatic rings. The van der Waals surface area contributed by atoms with Gasteiger partial charge in [-0.05, 0) is 45.4 Å². The van der Waals surface area contributed by atoms with Gasteiger partial charge < -0.3 is 20.1 Å². The summed E-state index contributed by atoms with van der Waals surface area (Å²) in [7, 11) is 0. The maximum atomic E-state index is 11.6. The van der Waals surface area contributed by atoms with Crippen molar-refractivity contribution in [2.24, 2.45) is 0 Å². The summed E-state index contributed by atoms with van der Waals surface area (Å²) in [5, 5.41) is 12.6. The third-order valence-electron chi connectivity index (χ3n) is 3.10. The Kier molecular flexibility index (Phi) is 4.12. The van der Waals surface area contributed by atoms with Crippen LogP contribution in [0.2, 0.25) is 0 Å². The number of rotatable bonds is 3. The van der Waals surface area contributed by atoms with Crippen LogP contribution in [0.4, 0.5) is 4.79 Å². The molecule has 1 heterocycles. The number of carbonyl (C=O) groups is 2. The van der Waals surface area contributed by atoms with E-state index in [9.17, 15) is 14.7 Å². The molecule has 1 aromatic carbocycles. The summed E-state index contributed by atoms with van der Waals surface area (Å²) < 4.78 is 5.16. The number of aryl methyl sites for hydroxylation is 1. The molecule has 6 nitrogen and oxygen atoms in total. The van der Waals surface area contributed by atoms with Gasteiger partial charge in [-0.2, -0.15) is 0 Å². The van der Waals surface area contributed by atoms with Crippen molar-refractivity contribution in [1.82, 2.24) is 10.3 Å². The first-order valence-electron chi connectivity index (χ1n) is 6.99. The number of amides is 1. The molecular formula is C16H20N2O4. The molecule has 0 fully saturated rings. The van der Waals surface area contributed by atoms with E-state index in [1.165, 1.54) is 0 Å². The minimum absolute atomic E-state index is 0.258. The topological polar surface area (TPSA) is 91.4 Å². The molecular weight excluding hydrogens is 284 g/mol. The molecule has 0 bridgehead atoms. The van der Waals surface area contributed by atoms with Gasteiger partial charge in [0.1, 0.15) is 5.60 Å². The summed E-state index contributed by atoms with van der Waals surface area (Å²) in [4.78, 5) is 26.0. The van der Waals surface area contributed by atoms with Crippen molar-refractivity contribution >= 4 is 23.0 Å². The number of fused-ring (bicyclic) bond motifs is 1. The van der Waals surface area contributed by atoms with E-state index in [4.69, 9.17) is 4.74 Å². The number of H-pyrrole nitrogens is 1. The summed E-state index contributed by atoms with van der Waals surface area (Å²) in [5.74, 6) is -0.971. The number of aromatic carboxylic acids is 1. The molecule has 0 radical (unpaired) electrons. The lowest BCUT2D eigenvalue weighted by Crippen LogP contribution is -2.32. The largest absolute Gasteiger partial charge is 0.478 e. The average Bonchev–Trinajstić information content (AvgIpc) is 2.69. The van der Waals surface area contributed by atoms with Crippen LogP contribution < -0.4 is 5.32 Å². The van der Waals surface area contributed by atoms with Gasteiger partial charge in [0.05, 0.1) is 5.56 Å². The van der Waals surface area contributed by atoms with Crippen molar-refractivity contribution in [3.63, 3.8) is 0 Å². The molecule has 0 spiro atoms. The quantitative estimate of drug-likeness (QED) is 0.812. The minimum Gasteiger partial charge on any atom is -0.478 e. The van der Waals surface area contributed by atoms with Crippen LogP contribution in [0.25, 0.3) is 10.9 Å². The third-order valence-corrected chi connectivity index (χ3v) is 3.10. The Bertz CT molecular complexity index is 726. The van der Waals surface area contributed by atoms with E-state index in [1.54, 1.807) is 39.8 Å². The van der Waals surface area contributed by atoms with Gasteiger partial charge in [0.2, 0.25) is 0 Å². The van der Waals surface area contributed by atoms with E-state index < -0.39 is 17.7 Å². The Hall–Kier alpha value is -2.50. The number of carboxylic acids is 1. The lowest BCUT2D eigenvalue weighted by atomic mass is 10.1. The zero-order valence-electron chi connectivity index (χ0n) is 13.1. The van der Waals surface area contributed by atoms with Crippen LogP contribution in [0, 0.1) is 6.92 Å². The molecule has 22 heavy (non-hydrogen) atoms.